The fraction of sp³-hybridized carbons (Fsp3) is 0.500. The molecule has 0 bridgehead atoms. The van der Waals surface area contributed by atoms with Crippen molar-refractivity contribution in [1.82, 2.24) is 19.6 Å². The summed E-state index contributed by atoms with van der Waals surface area (Å²) < 4.78 is 7.00. The molecule has 0 unspecified atom stereocenters. The van der Waals surface area contributed by atoms with E-state index >= 15 is 0 Å². The van der Waals surface area contributed by atoms with Crippen LogP contribution in [0.25, 0.3) is 0 Å². The van der Waals surface area contributed by atoms with Gasteiger partial charge in [-0.2, -0.15) is 4.98 Å². The second-order valence-corrected chi connectivity index (χ2v) is 5.35. The quantitative estimate of drug-likeness (QED) is 0.923. The topological polar surface area (TPSA) is 84.4 Å². The van der Waals surface area contributed by atoms with Crippen LogP contribution in [-0.4, -0.2) is 43.8 Å². The molecule has 2 aromatic rings. The molecule has 0 aliphatic carbocycles. The number of aromatic carboxylic acids is 1. The first-order valence-corrected chi connectivity index (χ1v) is 7.05. The Bertz CT molecular complexity index is 626. The van der Waals surface area contributed by atoms with Crippen LogP contribution in [0.3, 0.4) is 0 Å². The van der Waals surface area contributed by atoms with Crippen molar-refractivity contribution in [3.63, 3.8) is 0 Å². The normalized spacial score (nSPS) is 17.2. The Hall–Kier alpha value is -2.15. The van der Waals surface area contributed by atoms with Gasteiger partial charge in [0.15, 0.2) is 5.82 Å². The van der Waals surface area contributed by atoms with Gasteiger partial charge < -0.3 is 14.2 Å². The van der Waals surface area contributed by atoms with E-state index in [-0.39, 0.29) is 6.04 Å². The number of aromatic nitrogens is 3. The molecule has 3 rings (SSSR count). The minimum atomic E-state index is -0.872. The first-order chi connectivity index (χ1) is 10.1. The summed E-state index contributed by atoms with van der Waals surface area (Å²) in [6.45, 7) is 4.25. The first-order valence-electron chi connectivity index (χ1n) is 7.05. The third kappa shape index (κ3) is 2.97. The molecular weight excluding hydrogens is 272 g/mol. The van der Waals surface area contributed by atoms with E-state index in [0.29, 0.717) is 24.0 Å². The first kappa shape index (κ1) is 13.8. The summed E-state index contributed by atoms with van der Waals surface area (Å²) in [5.74, 6) is 0.417. The molecule has 3 heterocycles. The van der Waals surface area contributed by atoms with Crippen molar-refractivity contribution in [2.24, 2.45) is 0 Å². The molecule has 7 nitrogen and oxygen atoms in total. The van der Waals surface area contributed by atoms with Crippen molar-refractivity contribution in [2.75, 3.05) is 13.1 Å². The summed E-state index contributed by atoms with van der Waals surface area (Å²) in [7, 11) is 0. The summed E-state index contributed by atoms with van der Waals surface area (Å²) in [6, 6.07) is 3.68. The number of likely N-dealkylation sites (tertiary alicyclic amines) is 1. The Kier molecular flexibility index (Phi) is 3.74. The SMILES string of the molecule is Cc1noc(CN2CCC(n3cccc3C(=O)O)CC2)n1. The van der Waals surface area contributed by atoms with E-state index in [1.807, 2.05) is 10.8 Å². The van der Waals surface area contributed by atoms with Crippen molar-refractivity contribution >= 4 is 5.97 Å². The zero-order valence-corrected chi connectivity index (χ0v) is 11.9. The van der Waals surface area contributed by atoms with Gasteiger partial charge in [-0.3, -0.25) is 4.90 Å². The lowest BCUT2D eigenvalue weighted by Gasteiger charge is -2.32. The molecule has 0 amide bonds. The number of piperidine rings is 1. The molecule has 112 valence electrons. The molecule has 1 fully saturated rings. The van der Waals surface area contributed by atoms with E-state index in [1.54, 1.807) is 19.1 Å². The summed E-state index contributed by atoms with van der Waals surface area (Å²) in [4.78, 5) is 17.6. The predicted molar refractivity (Wildman–Crippen MR) is 74.0 cm³/mol. The Morgan fingerprint density at radius 1 is 1.48 bits per heavy atom. The number of nitrogens with zero attached hydrogens (tertiary/aromatic N) is 4. The smallest absolute Gasteiger partial charge is 0.352 e. The second kappa shape index (κ2) is 5.69. The zero-order chi connectivity index (χ0) is 14.8. The molecule has 1 saturated heterocycles. The average Bonchev–Trinajstić information content (AvgIpc) is 3.09. The van der Waals surface area contributed by atoms with E-state index in [1.165, 1.54) is 0 Å². The maximum absolute atomic E-state index is 11.2. The van der Waals surface area contributed by atoms with Crippen LogP contribution in [0.2, 0.25) is 0 Å². The maximum atomic E-state index is 11.2. The highest BCUT2D eigenvalue weighted by Gasteiger charge is 2.24. The fourth-order valence-electron chi connectivity index (χ4n) is 2.84. The Morgan fingerprint density at radius 2 is 2.24 bits per heavy atom. The minimum Gasteiger partial charge on any atom is -0.477 e. The van der Waals surface area contributed by atoms with E-state index in [2.05, 4.69) is 15.0 Å². The van der Waals surface area contributed by atoms with Gasteiger partial charge in [0.1, 0.15) is 5.69 Å². The molecule has 0 atom stereocenters. The third-order valence-corrected chi connectivity index (χ3v) is 3.88. The Labute approximate surface area is 122 Å². The largest absolute Gasteiger partial charge is 0.477 e. The van der Waals surface area contributed by atoms with E-state index in [9.17, 15) is 9.90 Å². The predicted octanol–water partition coefficient (Wildman–Crippen LogP) is 1.71. The maximum Gasteiger partial charge on any atom is 0.352 e. The Morgan fingerprint density at radius 3 is 2.86 bits per heavy atom. The number of carbonyl (C=O) groups is 1. The number of rotatable bonds is 4. The molecular formula is C14H18N4O3. The molecule has 1 aliphatic rings. The zero-order valence-electron chi connectivity index (χ0n) is 11.9. The lowest BCUT2D eigenvalue weighted by atomic mass is 10.0. The number of carboxylic acid groups (broad SMARTS) is 1. The van der Waals surface area contributed by atoms with Crippen molar-refractivity contribution in [3.05, 3.63) is 35.7 Å². The van der Waals surface area contributed by atoms with Gasteiger partial charge >= 0.3 is 5.97 Å². The van der Waals surface area contributed by atoms with Crippen LogP contribution in [0.15, 0.2) is 22.9 Å². The van der Waals surface area contributed by atoms with Gasteiger partial charge in [-0.1, -0.05) is 5.16 Å². The van der Waals surface area contributed by atoms with Crippen LogP contribution in [0, 0.1) is 6.92 Å². The van der Waals surface area contributed by atoms with E-state index in [4.69, 9.17) is 4.52 Å². The van der Waals surface area contributed by atoms with Crippen molar-refractivity contribution < 1.29 is 14.4 Å². The minimum absolute atomic E-state index is 0.242. The van der Waals surface area contributed by atoms with Crippen molar-refractivity contribution in [2.45, 2.75) is 32.4 Å². The van der Waals surface area contributed by atoms with Crippen LogP contribution in [0.5, 0.6) is 0 Å². The molecule has 7 heteroatoms. The van der Waals surface area contributed by atoms with Gasteiger partial charge in [-0.05, 0) is 31.9 Å². The monoisotopic (exact) mass is 290 g/mol. The molecule has 0 spiro atoms. The molecule has 0 aromatic carbocycles. The molecule has 21 heavy (non-hydrogen) atoms. The summed E-state index contributed by atoms with van der Waals surface area (Å²) >= 11 is 0. The highest BCUT2D eigenvalue weighted by atomic mass is 16.5. The van der Waals surface area contributed by atoms with Gasteiger partial charge in [0.2, 0.25) is 5.89 Å². The lowest BCUT2D eigenvalue weighted by molar-refractivity contribution is 0.0677. The molecule has 0 saturated carbocycles. The van der Waals surface area contributed by atoms with Gasteiger partial charge in [-0.25, -0.2) is 4.79 Å². The van der Waals surface area contributed by atoms with Gasteiger partial charge in [-0.15, -0.1) is 0 Å². The Balaban J connectivity index is 1.60. The summed E-state index contributed by atoms with van der Waals surface area (Å²) in [5, 5.41) is 13.0. The number of hydrogen-bond acceptors (Lipinski definition) is 5. The van der Waals surface area contributed by atoms with E-state index < -0.39 is 5.97 Å². The highest BCUT2D eigenvalue weighted by molar-refractivity contribution is 5.85. The third-order valence-electron chi connectivity index (χ3n) is 3.88. The van der Waals surface area contributed by atoms with Crippen LogP contribution in [0.4, 0.5) is 0 Å². The van der Waals surface area contributed by atoms with Crippen LogP contribution in [-0.2, 0) is 6.54 Å². The van der Waals surface area contributed by atoms with Crippen molar-refractivity contribution in [3.8, 4) is 0 Å². The number of hydrogen-bond donors (Lipinski definition) is 1. The van der Waals surface area contributed by atoms with Crippen LogP contribution < -0.4 is 0 Å². The summed E-state index contributed by atoms with van der Waals surface area (Å²) in [5.41, 5.74) is 0.362. The van der Waals surface area contributed by atoms with Crippen LogP contribution in [0.1, 0.15) is 41.1 Å². The average molecular weight is 290 g/mol. The molecule has 2 aromatic heterocycles. The van der Waals surface area contributed by atoms with Crippen molar-refractivity contribution in [1.29, 1.82) is 0 Å². The van der Waals surface area contributed by atoms with Gasteiger partial charge in [0, 0.05) is 25.3 Å². The van der Waals surface area contributed by atoms with Crippen LogP contribution >= 0.6 is 0 Å². The molecule has 1 N–H and O–H groups in total. The summed E-state index contributed by atoms with van der Waals surface area (Å²) in [6.07, 6.45) is 3.69. The fourth-order valence-corrected chi connectivity index (χ4v) is 2.84. The van der Waals surface area contributed by atoms with Gasteiger partial charge in [0.25, 0.3) is 0 Å². The number of aryl methyl sites for hydroxylation is 1. The number of carboxylic acids is 1. The highest BCUT2D eigenvalue weighted by Crippen LogP contribution is 2.25. The van der Waals surface area contributed by atoms with E-state index in [0.717, 1.165) is 25.9 Å². The second-order valence-electron chi connectivity index (χ2n) is 5.35. The van der Waals surface area contributed by atoms with Gasteiger partial charge in [0.05, 0.1) is 6.54 Å². The standard InChI is InChI=1S/C14H18N4O3/c1-10-15-13(21-16-10)9-17-7-4-11(5-8-17)18-6-2-3-12(18)14(19)20/h2-3,6,11H,4-5,7-9H2,1H3,(H,19,20). The molecule has 0 radical (unpaired) electrons. The molecule has 1 aliphatic heterocycles. The lowest BCUT2D eigenvalue weighted by Crippen LogP contribution is -2.34.